The molecule has 2 aliphatic rings. The highest BCUT2D eigenvalue weighted by Gasteiger charge is 2.30. The number of hydrogen-bond donors (Lipinski definition) is 0. The third kappa shape index (κ3) is 3.24. The minimum atomic E-state index is -0.212. The maximum atomic E-state index is 13.7. The molecule has 1 amide bonds. The van der Waals surface area contributed by atoms with E-state index in [0.717, 1.165) is 24.1 Å². The maximum Gasteiger partial charge on any atom is 0.275 e. The SMILES string of the molecule is Cn1nc(C(=O)N2CCN(c3ccc(F)cc3C3CC3)CC2)c2ccccc2c1=O. The third-order valence-corrected chi connectivity index (χ3v) is 6.07. The molecule has 1 aliphatic carbocycles. The topological polar surface area (TPSA) is 58.4 Å². The van der Waals surface area contributed by atoms with Crippen LogP contribution in [-0.2, 0) is 7.05 Å². The molecule has 2 aromatic carbocycles. The van der Waals surface area contributed by atoms with Crippen molar-refractivity contribution in [2.24, 2.45) is 7.05 Å². The summed E-state index contributed by atoms with van der Waals surface area (Å²) < 4.78 is 15.0. The predicted octanol–water partition coefficient (Wildman–Crippen LogP) is 2.91. The number of carbonyl (C=O) groups excluding carboxylic acids is 1. The normalized spacial score (nSPS) is 16.9. The van der Waals surface area contributed by atoms with Crippen LogP contribution in [0.4, 0.5) is 10.1 Å². The number of hydrogen-bond acceptors (Lipinski definition) is 4. The van der Waals surface area contributed by atoms with Crippen LogP contribution in [-0.4, -0.2) is 46.8 Å². The predicted molar refractivity (Wildman–Crippen MR) is 113 cm³/mol. The lowest BCUT2D eigenvalue weighted by atomic mass is 10.1. The molecule has 2 fully saturated rings. The first-order chi connectivity index (χ1) is 14.5. The van der Waals surface area contributed by atoms with Gasteiger partial charge in [0.1, 0.15) is 5.82 Å². The summed E-state index contributed by atoms with van der Waals surface area (Å²) in [6.45, 7) is 2.47. The molecule has 0 spiro atoms. The molecule has 1 aliphatic heterocycles. The Labute approximate surface area is 173 Å². The summed E-state index contributed by atoms with van der Waals surface area (Å²) in [5.74, 6) is 0.0987. The second kappa shape index (κ2) is 7.23. The molecule has 0 atom stereocenters. The largest absolute Gasteiger partial charge is 0.368 e. The zero-order chi connectivity index (χ0) is 20.8. The van der Waals surface area contributed by atoms with E-state index < -0.39 is 0 Å². The van der Waals surface area contributed by atoms with Gasteiger partial charge >= 0.3 is 0 Å². The van der Waals surface area contributed by atoms with Gasteiger partial charge in [0.15, 0.2) is 5.69 Å². The number of aryl methyl sites for hydroxylation is 1. The van der Waals surface area contributed by atoms with Gasteiger partial charge in [0.25, 0.3) is 11.5 Å². The average molecular weight is 406 g/mol. The van der Waals surface area contributed by atoms with Crippen molar-refractivity contribution in [3.8, 4) is 0 Å². The number of halogens is 1. The summed E-state index contributed by atoms with van der Waals surface area (Å²) in [6.07, 6.45) is 2.22. The minimum absolute atomic E-state index is 0.164. The lowest BCUT2D eigenvalue weighted by Gasteiger charge is -2.37. The Morgan fingerprint density at radius 3 is 2.43 bits per heavy atom. The number of nitrogens with zero attached hydrogens (tertiary/aromatic N) is 4. The molecule has 0 bridgehead atoms. The van der Waals surface area contributed by atoms with Crippen LogP contribution in [0, 0.1) is 5.82 Å². The van der Waals surface area contributed by atoms with Gasteiger partial charge in [-0.25, -0.2) is 9.07 Å². The van der Waals surface area contributed by atoms with Crippen molar-refractivity contribution in [3.63, 3.8) is 0 Å². The fourth-order valence-corrected chi connectivity index (χ4v) is 4.29. The van der Waals surface area contributed by atoms with Crippen molar-refractivity contribution in [1.82, 2.24) is 14.7 Å². The second-order valence-corrected chi connectivity index (χ2v) is 8.08. The van der Waals surface area contributed by atoms with Crippen molar-refractivity contribution in [3.05, 3.63) is 69.9 Å². The zero-order valence-corrected chi connectivity index (χ0v) is 16.8. The quantitative estimate of drug-likeness (QED) is 0.671. The Morgan fingerprint density at radius 1 is 1.03 bits per heavy atom. The monoisotopic (exact) mass is 406 g/mol. The fraction of sp³-hybridized carbons (Fsp3) is 0.348. The Bertz CT molecular complexity index is 1190. The maximum absolute atomic E-state index is 13.7. The van der Waals surface area contributed by atoms with Gasteiger partial charge in [-0.15, -0.1) is 0 Å². The summed E-state index contributed by atoms with van der Waals surface area (Å²) in [6, 6.07) is 12.1. The van der Waals surface area contributed by atoms with Crippen LogP contribution in [0.15, 0.2) is 47.3 Å². The lowest BCUT2D eigenvalue weighted by Crippen LogP contribution is -2.49. The molecule has 0 unspecified atom stereocenters. The average Bonchev–Trinajstić information content (AvgIpc) is 3.61. The van der Waals surface area contributed by atoms with Crippen LogP contribution >= 0.6 is 0 Å². The number of carbonyl (C=O) groups is 1. The first kappa shape index (κ1) is 18.8. The van der Waals surface area contributed by atoms with Gasteiger partial charge in [-0.1, -0.05) is 18.2 Å². The smallest absolute Gasteiger partial charge is 0.275 e. The van der Waals surface area contributed by atoms with E-state index in [9.17, 15) is 14.0 Å². The van der Waals surface area contributed by atoms with E-state index in [1.165, 1.54) is 10.7 Å². The molecular formula is C23H23FN4O2. The van der Waals surface area contributed by atoms with E-state index in [4.69, 9.17) is 0 Å². The Morgan fingerprint density at radius 2 is 1.73 bits per heavy atom. The first-order valence-corrected chi connectivity index (χ1v) is 10.3. The zero-order valence-electron chi connectivity index (χ0n) is 16.8. The number of aromatic nitrogens is 2. The van der Waals surface area contributed by atoms with E-state index in [2.05, 4.69) is 10.00 Å². The third-order valence-electron chi connectivity index (χ3n) is 6.07. The first-order valence-electron chi connectivity index (χ1n) is 10.3. The number of rotatable bonds is 3. The van der Waals surface area contributed by atoms with E-state index >= 15 is 0 Å². The number of piperazine rings is 1. The van der Waals surface area contributed by atoms with Gasteiger partial charge in [0.2, 0.25) is 0 Å². The van der Waals surface area contributed by atoms with E-state index in [1.807, 2.05) is 12.1 Å². The van der Waals surface area contributed by atoms with Crippen LogP contribution in [0.1, 0.15) is 34.8 Å². The highest BCUT2D eigenvalue weighted by molar-refractivity contribution is 6.04. The van der Waals surface area contributed by atoms with Crippen molar-refractivity contribution in [1.29, 1.82) is 0 Å². The highest BCUT2D eigenvalue weighted by Crippen LogP contribution is 2.44. The van der Waals surface area contributed by atoms with E-state index in [0.29, 0.717) is 48.6 Å². The molecule has 3 aromatic rings. The lowest BCUT2D eigenvalue weighted by molar-refractivity contribution is 0.0740. The molecule has 0 radical (unpaired) electrons. The molecule has 0 N–H and O–H groups in total. The summed E-state index contributed by atoms with van der Waals surface area (Å²) in [7, 11) is 1.57. The molecule has 2 heterocycles. The summed E-state index contributed by atoms with van der Waals surface area (Å²) in [4.78, 5) is 29.6. The molecule has 5 rings (SSSR count). The van der Waals surface area contributed by atoms with Gasteiger partial charge in [0, 0.05) is 44.3 Å². The number of benzene rings is 2. The standard InChI is InChI=1S/C23H23FN4O2/c1-26-22(29)18-5-3-2-4-17(18)21(25-26)23(30)28-12-10-27(11-13-28)20-9-8-16(24)14-19(20)15-6-7-15/h2-5,8-9,14-15H,6-7,10-13H2,1H3. The van der Waals surface area contributed by atoms with Crippen LogP contribution in [0.2, 0.25) is 0 Å². The van der Waals surface area contributed by atoms with Crippen LogP contribution in [0.5, 0.6) is 0 Å². The summed E-state index contributed by atoms with van der Waals surface area (Å²) in [5.41, 5.74) is 2.26. The van der Waals surface area contributed by atoms with E-state index in [1.54, 1.807) is 36.2 Å². The molecule has 30 heavy (non-hydrogen) atoms. The van der Waals surface area contributed by atoms with Crippen molar-refractivity contribution in [2.75, 3.05) is 31.1 Å². The number of anilines is 1. The molecule has 6 nitrogen and oxygen atoms in total. The molecule has 7 heteroatoms. The van der Waals surface area contributed by atoms with Gasteiger partial charge < -0.3 is 9.80 Å². The molecule has 154 valence electrons. The van der Waals surface area contributed by atoms with Crippen LogP contribution < -0.4 is 10.5 Å². The highest BCUT2D eigenvalue weighted by atomic mass is 19.1. The minimum Gasteiger partial charge on any atom is -0.368 e. The Hall–Kier alpha value is -3.22. The van der Waals surface area contributed by atoms with E-state index in [-0.39, 0.29) is 17.3 Å². The number of fused-ring (bicyclic) bond motifs is 1. The van der Waals surface area contributed by atoms with Crippen molar-refractivity contribution >= 4 is 22.4 Å². The Kier molecular flexibility index (Phi) is 4.53. The number of amides is 1. The van der Waals surface area contributed by atoms with Crippen molar-refractivity contribution < 1.29 is 9.18 Å². The molecule has 1 saturated heterocycles. The molecular weight excluding hydrogens is 383 g/mol. The second-order valence-electron chi connectivity index (χ2n) is 8.08. The fourth-order valence-electron chi connectivity index (χ4n) is 4.29. The van der Waals surface area contributed by atoms with Gasteiger partial charge in [0.05, 0.1) is 5.39 Å². The van der Waals surface area contributed by atoms with Crippen LogP contribution in [0.25, 0.3) is 10.8 Å². The summed E-state index contributed by atoms with van der Waals surface area (Å²) in [5, 5.41) is 5.35. The van der Waals surface area contributed by atoms with Gasteiger partial charge in [-0.05, 0) is 48.6 Å². The Balaban J connectivity index is 1.38. The van der Waals surface area contributed by atoms with Crippen molar-refractivity contribution in [2.45, 2.75) is 18.8 Å². The molecule has 1 saturated carbocycles. The van der Waals surface area contributed by atoms with Crippen LogP contribution in [0.3, 0.4) is 0 Å². The molecule has 1 aromatic heterocycles. The van der Waals surface area contributed by atoms with Gasteiger partial charge in [-0.2, -0.15) is 5.10 Å². The van der Waals surface area contributed by atoms with Gasteiger partial charge in [-0.3, -0.25) is 9.59 Å². The summed E-state index contributed by atoms with van der Waals surface area (Å²) >= 11 is 0.